The molecule has 148 valence electrons. The van der Waals surface area contributed by atoms with E-state index >= 15 is 0 Å². The summed E-state index contributed by atoms with van der Waals surface area (Å²) in [6.45, 7) is 0. The van der Waals surface area contributed by atoms with Gasteiger partial charge in [0.15, 0.2) is 0 Å². The Morgan fingerprint density at radius 3 is 2.03 bits per heavy atom. The van der Waals surface area contributed by atoms with Crippen LogP contribution in [0.5, 0.6) is 0 Å². The minimum atomic E-state index is -6.00. The van der Waals surface area contributed by atoms with E-state index in [-0.39, 0.29) is 0 Å². The van der Waals surface area contributed by atoms with E-state index in [9.17, 15) is 17.3 Å². The molecule has 0 spiro atoms. The lowest BCUT2D eigenvalue weighted by atomic mass is 10.0. The molecule has 0 unspecified atom stereocenters. The van der Waals surface area contributed by atoms with Crippen molar-refractivity contribution >= 4 is 23.7 Å². The van der Waals surface area contributed by atoms with E-state index in [1.54, 1.807) is 0 Å². The summed E-state index contributed by atoms with van der Waals surface area (Å²) in [6, 6.07) is 29.6. The molecule has 2 aromatic heterocycles. The first kappa shape index (κ1) is 18.4. The maximum atomic E-state index is 9.75. The van der Waals surface area contributed by atoms with Gasteiger partial charge in [-0.15, -0.1) is 4.40 Å². The molecule has 7 heteroatoms. The van der Waals surface area contributed by atoms with Crippen molar-refractivity contribution in [2.45, 2.75) is 0 Å². The minimum absolute atomic E-state index is 0.915. The summed E-state index contributed by atoms with van der Waals surface area (Å²) in [5.41, 5.74) is 6.87. The standard InChI is InChI=1S/C23H14NO.BF4/c1-2-8-15(9-3-1)22-21-19-13-7-6-12-18(19)20-14-16-10-4-5-11-17(16)23(25-22)24(20)21;2-1(3,4)5/h1-14H;/q+1;-1. The van der Waals surface area contributed by atoms with Gasteiger partial charge in [0.05, 0.1) is 16.5 Å². The van der Waals surface area contributed by atoms with Crippen LogP contribution in [0.1, 0.15) is 0 Å². The molecular formula is C23H14BF4NO. The number of aromatic nitrogens is 1. The second kappa shape index (κ2) is 6.73. The first-order chi connectivity index (χ1) is 14.4. The molecule has 3 heterocycles. The van der Waals surface area contributed by atoms with Gasteiger partial charge < -0.3 is 21.7 Å². The van der Waals surface area contributed by atoms with Crippen LogP contribution >= 0.6 is 0 Å². The van der Waals surface area contributed by atoms with Gasteiger partial charge in [-0.3, -0.25) is 0 Å². The van der Waals surface area contributed by atoms with E-state index < -0.39 is 7.25 Å². The van der Waals surface area contributed by atoms with Gasteiger partial charge in [-0.25, -0.2) is 0 Å². The molecule has 0 radical (unpaired) electrons. The SMILES string of the molecule is F[B-](F)(F)F.c1ccc(-c2oc3c4ccccc4cc4[n+]3c2-c2ccccc2-4)cc1. The number of hydrogen-bond acceptors (Lipinski definition) is 1. The number of benzene rings is 3. The van der Waals surface area contributed by atoms with Gasteiger partial charge in [-0.1, -0.05) is 60.7 Å². The summed E-state index contributed by atoms with van der Waals surface area (Å²) < 4.78 is 47.7. The molecule has 5 aromatic rings. The van der Waals surface area contributed by atoms with E-state index in [1.807, 2.05) is 6.07 Å². The Kier molecular flexibility index (Phi) is 4.13. The number of hydrogen-bond donors (Lipinski definition) is 0. The zero-order valence-electron chi connectivity index (χ0n) is 15.5. The highest BCUT2D eigenvalue weighted by atomic mass is 19.5. The summed E-state index contributed by atoms with van der Waals surface area (Å²) in [7, 11) is -6.00. The van der Waals surface area contributed by atoms with Crippen molar-refractivity contribution in [1.82, 2.24) is 0 Å². The van der Waals surface area contributed by atoms with Crippen LogP contribution in [0.25, 0.3) is 50.3 Å². The van der Waals surface area contributed by atoms with Gasteiger partial charge in [0.25, 0.3) is 5.69 Å². The topological polar surface area (TPSA) is 17.2 Å². The molecule has 0 N–H and O–H groups in total. The van der Waals surface area contributed by atoms with E-state index in [0.717, 1.165) is 28.1 Å². The quantitative estimate of drug-likeness (QED) is 0.167. The Morgan fingerprint density at radius 1 is 0.700 bits per heavy atom. The molecule has 30 heavy (non-hydrogen) atoms. The fourth-order valence-electron chi connectivity index (χ4n) is 3.97. The molecule has 1 aliphatic heterocycles. The molecule has 0 fully saturated rings. The average molecular weight is 407 g/mol. The fraction of sp³-hybridized carbons (Fsp3) is 0. The Bertz CT molecular complexity index is 1390. The molecule has 6 rings (SSSR count). The maximum absolute atomic E-state index is 9.75. The van der Waals surface area contributed by atoms with Crippen molar-refractivity contribution in [3.05, 3.63) is 84.9 Å². The van der Waals surface area contributed by atoms with Crippen molar-refractivity contribution < 1.29 is 26.1 Å². The van der Waals surface area contributed by atoms with E-state index in [4.69, 9.17) is 4.42 Å². The number of nitrogens with zero attached hydrogens (tertiary/aromatic N) is 1. The largest absolute Gasteiger partial charge is 0.673 e. The number of fused-ring (bicyclic) bond motifs is 5. The van der Waals surface area contributed by atoms with Crippen molar-refractivity contribution in [1.29, 1.82) is 0 Å². The molecule has 0 aliphatic carbocycles. The van der Waals surface area contributed by atoms with E-state index in [2.05, 4.69) is 83.3 Å². The van der Waals surface area contributed by atoms with Crippen LogP contribution in [-0.2, 0) is 0 Å². The van der Waals surface area contributed by atoms with E-state index in [1.165, 1.54) is 22.2 Å². The van der Waals surface area contributed by atoms with Crippen LogP contribution in [0, 0.1) is 0 Å². The Hall–Kier alpha value is -3.61. The van der Waals surface area contributed by atoms with E-state index in [0.29, 0.717) is 0 Å². The van der Waals surface area contributed by atoms with Crippen LogP contribution in [0.4, 0.5) is 17.3 Å². The predicted octanol–water partition coefficient (Wildman–Crippen LogP) is 6.79. The number of pyridine rings is 1. The highest BCUT2D eigenvalue weighted by Gasteiger charge is 2.38. The zero-order chi connectivity index (χ0) is 20.9. The lowest BCUT2D eigenvalue weighted by Crippen LogP contribution is -2.21. The smallest absolute Gasteiger partial charge is 0.418 e. The highest BCUT2D eigenvalue weighted by molar-refractivity contribution is 6.50. The molecule has 0 saturated heterocycles. The first-order valence-electron chi connectivity index (χ1n) is 9.34. The minimum Gasteiger partial charge on any atom is -0.418 e. The molecule has 0 bridgehead atoms. The Labute approximate surface area is 169 Å². The summed E-state index contributed by atoms with van der Waals surface area (Å²) in [6.07, 6.45) is 0. The average Bonchev–Trinajstić information content (AvgIpc) is 3.28. The normalized spacial score (nSPS) is 12.0. The van der Waals surface area contributed by atoms with Crippen LogP contribution in [-0.4, -0.2) is 7.25 Å². The number of rotatable bonds is 1. The zero-order valence-corrected chi connectivity index (χ0v) is 15.5. The lowest BCUT2D eigenvalue weighted by molar-refractivity contribution is -0.484. The molecular weight excluding hydrogens is 393 g/mol. The van der Waals surface area contributed by atoms with Crippen LogP contribution < -0.4 is 4.40 Å². The summed E-state index contributed by atoms with van der Waals surface area (Å²) in [4.78, 5) is 0. The van der Waals surface area contributed by atoms with Gasteiger partial charge >= 0.3 is 13.0 Å². The van der Waals surface area contributed by atoms with Crippen molar-refractivity contribution in [2.24, 2.45) is 0 Å². The van der Waals surface area contributed by atoms with Crippen LogP contribution in [0.2, 0.25) is 0 Å². The second-order valence-electron chi connectivity index (χ2n) is 6.94. The fourth-order valence-corrected chi connectivity index (χ4v) is 3.97. The molecule has 0 saturated carbocycles. The second-order valence-corrected chi connectivity index (χ2v) is 6.94. The lowest BCUT2D eigenvalue weighted by Gasteiger charge is -1.99. The van der Waals surface area contributed by atoms with Gasteiger partial charge in [0, 0.05) is 11.6 Å². The third-order valence-electron chi connectivity index (χ3n) is 5.06. The summed E-state index contributed by atoms with van der Waals surface area (Å²) in [5, 5.41) is 2.34. The van der Waals surface area contributed by atoms with Gasteiger partial charge in [-0.05, 0) is 23.6 Å². The van der Waals surface area contributed by atoms with Crippen molar-refractivity contribution in [2.75, 3.05) is 0 Å². The molecule has 0 amide bonds. The maximum Gasteiger partial charge on any atom is 0.673 e. The third kappa shape index (κ3) is 3.03. The Morgan fingerprint density at radius 2 is 1.30 bits per heavy atom. The van der Waals surface area contributed by atoms with Gasteiger partial charge in [0.1, 0.15) is 0 Å². The monoisotopic (exact) mass is 407 g/mol. The summed E-state index contributed by atoms with van der Waals surface area (Å²) in [5.74, 6) is 0.933. The molecule has 1 aliphatic rings. The van der Waals surface area contributed by atoms with Crippen LogP contribution in [0.3, 0.4) is 0 Å². The molecule has 3 aromatic carbocycles. The Balaban J connectivity index is 0.000000349. The van der Waals surface area contributed by atoms with Crippen molar-refractivity contribution in [3.63, 3.8) is 0 Å². The molecule has 0 atom stereocenters. The highest BCUT2D eigenvalue weighted by Crippen LogP contribution is 2.43. The number of oxazole rings is 1. The van der Waals surface area contributed by atoms with Crippen molar-refractivity contribution in [3.8, 4) is 33.8 Å². The molecule has 2 nitrogen and oxygen atoms in total. The van der Waals surface area contributed by atoms with Gasteiger partial charge in [0.2, 0.25) is 11.5 Å². The van der Waals surface area contributed by atoms with Gasteiger partial charge in [-0.2, -0.15) is 0 Å². The summed E-state index contributed by atoms with van der Waals surface area (Å²) >= 11 is 0. The predicted molar refractivity (Wildman–Crippen MR) is 109 cm³/mol. The van der Waals surface area contributed by atoms with Crippen LogP contribution in [0.15, 0.2) is 89.3 Å². The number of halogens is 4. The first-order valence-corrected chi connectivity index (χ1v) is 9.34. The third-order valence-corrected chi connectivity index (χ3v) is 5.06.